The number of carbonyl (C=O) groups is 1. The number of benzene rings is 3. The van der Waals surface area contributed by atoms with Crippen LogP contribution >= 0.6 is 0 Å². The molecule has 1 atom stereocenters. The Kier molecular flexibility index (Phi) is 7.92. The second-order valence-electron chi connectivity index (χ2n) is 9.13. The number of ether oxygens (including phenoxy) is 6. The van der Waals surface area contributed by atoms with E-state index in [1.54, 1.807) is 0 Å². The van der Waals surface area contributed by atoms with Crippen molar-refractivity contribution in [2.24, 2.45) is 0 Å². The van der Waals surface area contributed by atoms with Gasteiger partial charge in [-0.25, -0.2) is 0 Å². The van der Waals surface area contributed by atoms with E-state index in [0.29, 0.717) is 52.7 Å². The van der Waals surface area contributed by atoms with Gasteiger partial charge in [0, 0.05) is 24.2 Å². The largest absolute Gasteiger partial charge is 0.492 e. The van der Waals surface area contributed by atoms with Crippen molar-refractivity contribution in [2.75, 3.05) is 33.5 Å². The van der Waals surface area contributed by atoms with Gasteiger partial charge in [0.1, 0.15) is 30.5 Å². The molecule has 0 aromatic heterocycles. The van der Waals surface area contributed by atoms with Crippen molar-refractivity contribution < 1.29 is 33.2 Å². The highest BCUT2D eigenvalue weighted by molar-refractivity contribution is 5.73. The first kappa shape index (κ1) is 25.1. The van der Waals surface area contributed by atoms with Crippen LogP contribution in [0.2, 0.25) is 0 Å². The molecule has 0 saturated heterocycles. The molecule has 0 bridgehead atoms. The van der Waals surface area contributed by atoms with Crippen molar-refractivity contribution >= 4 is 5.97 Å². The zero-order chi connectivity index (χ0) is 25.6. The molecule has 0 saturated carbocycles. The number of methoxy groups -OCH3 is 1. The smallest absolute Gasteiger partial charge is 0.306 e. The van der Waals surface area contributed by atoms with Gasteiger partial charge in [-0.2, -0.15) is 0 Å². The van der Waals surface area contributed by atoms with E-state index in [-0.39, 0.29) is 11.9 Å². The molecule has 2 aliphatic heterocycles. The van der Waals surface area contributed by atoms with Crippen molar-refractivity contribution in [3.8, 4) is 28.4 Å². The molecular weight excluding hydrogens is 472 g/mol. The van der Waals surface area contributed by atoms with E-state index < -0.39 is 0 Å². The average molecular weight is 505 g/mol. The first-order valence-corrected chi connectivity index (χ1v) is 12.6. The minimum Gasteiger partial charge on any atom is -0.492 e. The Morgan fingerprint density at radius 1 is 0.919 bits per heavy atom. The Hall–Kier alpha value is -3.55. The SMILES string of the molecule is CCOCCOc1ccc2c(c1)COCc1ccc(COc3ccc4c(c3)OCC4CC(=O)OC)cc1-2. The topological polar surface area (TPSA) is 72.5 Å². The summed E-state index contributed by atoms with van der Waals surface area (Å²) in [5.74, 6) is 2.09. The second-order valence-corrected chi connectivity index (χ2v) is 9.13. The molecule has 7 heteroatoms. The molecule has 2 heterocycles. The molecule has 3 aromatic carbocycles. The van der Waals surface area contributed by atoms with Crippen molar-refractivity contribution in [1.29, 1.82) is 0 Å². The summed E-state index contributed by atoms with van der Waals surface area (Å²) in [6.07, 6.45) is 0.310. The highest BCUT2D eigenvalue weighted by Crippen LogP contribution is 2.39. The Morgan fingerprint density at radius 3 is 2.62 bits per heavy atom. The van der Waals surface area contributed by atoms with Crippen LogP contribution < -0.4 is 14.2 Å². The molecule has 0 aliphatic carbocycles. The standard InChI is InChI=1S/C30H32O7/c1-3-33-10-11-35-24-6-8-26-22(13-24)18-34-17-21-5-4-20(12-28(21)26)16-36-25-7-9-27-23(14-30(31)32-2)19-37-29(27)15-25/h4-9,12-13,15,23H,3,10-11,14,16-19H2,1-2H3. The molecule has 194 valence electrons. The van der Waals surface area contributed by atoms with Crippen LogP contribution in [-0.2, 0) is 38.8 Å². The molecule has 0 spiro atoms. The quantitative estimate of drug-likeness (QED) is 0.270. The zero-order valence-corrected chi connectivity index (χ0v) is 21.3. The minimum absolute atomic E-state index is 0.0129. The lowest BCUT2D eigenvalue weighted by Gasteiger charge is -2.14. The molecule has 37 heavy (non-hydrogen) atoms. The maximum Gasteiger partial charge on any atom is 0.306 e. The molecular formula is C30H32O7. The number of hydrogen-bond acceptors (Lipinski definition) is 7. The summed E-state index contributed by atoms with van der Waals surface area (Å²) in [5, 5.41) is 0. The highest BCUT2D eigenvalue weighted by atomic mass is 16.5. The van der Waals surface area contributed by atoms with E-state index in [1.807, 2.05) is 31.2 Å². The minimum atomic E-state index is -0.234. The van der Waals surface area contributed by atoms with Crippen molar-refractivity contribution in [3.63, 3.8) is 0 Å². The molecule has 0 fully saturated rings. The summed E-state index contributed by atoms with van der Waals surface area (Å²) in [7, 11) is 1.40. The number of carbonyl (C=O) groups excluding carboxylic acids is 1. The summed E-state index contributed by atoms with van der Waals surface area (Å²) in [6.45, 7) is 5.73. The van der Waals surface area contributed by atoms with Gasteiger partial charge in [0.05, 0.1) is 40.0 Å². The fraction of sp³-hybridized carbons (Fsp3) is 0.367. The molecule has 0 radical (unpaired) electrons. The van der Waals surface area contributed by atoms with Gasteiger partial charge < -0.3 is 28.4 Å². The predicted octanol–water partition coefficient (Wildman–Crippen LogP) is 5.42. The van der Waals surface area contributed by atoms with E-state index in [2.05, 4.69) is 30.3 Å². The molecule has 0 N–H and O–H groups in total. The normalized spacial score (nSPS) is 15.6. The fourth-order valence-corrected chi connectivity index (χ4v) is 4.73. The third-order valence-electron chi connectivity index (χ3n) is 6.67. The van der Waals surface area contributed by atoms with Crippen LogP contribution in [0.25, 0.3) is 11.1 Å². The fourth-order valence-electron chi connectivity index (χ4n) is 4.73. The van der Waals surface area contributed by atoms with Gasteiger partial charge in [0.15, 0.2) is 0 Å². The van der Waals surface area contributed by atoms with E-state index in [4.69, 9.17) is 28.4 Å². The summed E-state index contributed by atoms with van der Waals surface area (Å²) in [6, 6.07) is 18.3. The molecule has 3 aromatic rings. The maximum atomic E-state index is 11.7. The van der Waals surface area contributed by atoms with E-state index in [9.17, 15) is 4.79 Å². The molecule has 2 aliphatic rings. The molecule has 0 amide bonds. The summed E-state index contributed by atoms with van der Waals surface area (Å²) in [5.41, 5.74) is 6.62. The van der Waals surface area contributed by atoms with Gasteiger partial charge in [-0.3, -0.25) is 4.79 Å². The van der Waals surface area contributed by atoms with Gasteiger partial charge in [-0.05, 0) is 59.0 Å². The van der Waals surface area contributed by atoms with Crippen LogP contribution in [0.15, 0.2) is 54.6 Å². The first-order chi connectivity index (χ1) is 18.1. The monoisotopic (exact) mass is 504 g/mol. The van der Waals surface area contributed by atoms with Crippen LogP contribution in [-0.4, -0.2) is 39.5 Å². The van der Waals surface area contributed by atoms with Gasteiger partial charge in [-0.1, -0.05) is 24.3 Å². The van der Waals surface area contributed by atoms with Crippen LogP contribution in [0.4, 0.5) is 0 Å². The van der Waals surface area contributed by atoms with Crippen molar-refractivity contribution in [2.45, 2.75) is 39.1 Å². The van der Waals surface area contributed by atoms with Crippen LogP contribution in [0.3, 0.4) is 0 Å². The predicted molar refractivity (Wildman–Crippen MR) is 138 cm³/mol. The maximum absolute atomic E-state index is 11.7. The number of hydrogen-bond donors (Lipinski definition) is 0. The first-order valence-electron chi connectivity index (χ1n) is 12.6. The summed E-state index contributed by atoms with van der Waals surface area (Å²) < 4.78 is 33.9. The van der Waals surface area contributed by atoms with Gasteiger partial charge in [0.25, 0.3) is 0 Å². The van der Waals surface area contributed by atoms with Crippen molar-refractivity contribution in [3.05, 3.63) is 76.9 Å². The Morgan fingerprint density at radius 2 is 1.76 bits per heavy atom. The van der Waals surface area contributed by atoms with E-state index in [1.165, 1.54) is 7.11 Å². The molecule has 5 rings (SSSR count). The number of fused-ring (bicyclic) bond motifs is 4. The third kappa shape index (κ3) is 5.89. The average Bonchev–Trinajstić information content (AvgIpc) is 3.22. The third-order valence-corrected chi connectivity index (χ3v) is 6.67. The van der Waals surface area contributed by atoms with Crippen LogP contribution in [0.5, 0.6) is 17.2 Å². The zero-order valence-electron chi connectivity index (χ0n) is 21.3. The second kappa shape index (κ2) is 11.7. The summed E-state index contributed by atoms with van der Waals surface area (Å²) >= 11 is 0. The lowest BCUT2D eigenvalue weighted by Crippen LogP contribution is -2.09. The Balaban J connectivity index is 1.28. The number of esters is 1. The van der Waals surface area contributed by atoms with E-state index >= 15 is 0 Å². The van der Waals surface area contributed by atoms with Crippen molar-refractivity contribution in [1.82, 2.24) is 0 Å². The van der Waals surface area contributed by atoms with Crippen LogP contribution in [0, 0.1) is 0 Å². The Labute approximate surface area is 217 Å². The highest BCUT2D eigenvalue weighted by Gasteiger charge is 2.27. The molecule has 1 unspecified atom stereocenters. The van der Waals surface area contributed by atoms with Gasteiger partial charge in [0.2, 0.25) is 0 Å². The van der Waals surface area contributed by atoms with E-state index in [0.717, 1.165) is 50.6 Å². The van der Waals surface area contributed by atoms with Gasteiger partial charge >= 0.3 is 5.97 Å². The van der Waals surface area contributed by atoms with Crippen LogP contribution in [0.1, 0.15) is 41.5 Å². The Bertz CT molecular complexity index is 1250. The van der Waals surface area contributed by atoms with Gasteiger partial charge in [-0.15, -0.1) is 0 Å². The molecule has 7 nitrogen and oxygen atoms in total. The lowest BCUT2D eigenvalue weighted by molar-refractivity contribution is -0.141. The number of rotatable bonds is 10. The summed E-state index contributed by atoms with van der Waals surface area (Å²) in [4.78, 5) is 11.7. The lowest BCUT2D eigenvalue weighted by atomic mass is 9.95.